The minimum atomic E-state index is -0.994. The highest BCUT2D eigenvalue weighted by molar-refractivity contribution is 6.43. The molecular formula is C13H17N3O3. The molecular weight excluding hydrogens is 246 g/mol. The van der Waals surface area contributed by atoms with Gasteiger partial charge in [0, 0.05) is 11.3 Å². The van der Waals surface area contributed by atoms with E-state index in [9.17, 15) is 9.59 Å². The number of primary amides is 1. The van der Waals surface area contributed by atoms with Gasteiger partial charge in [-0.2, -0.15) is 0 Å². The van der Waals surface area contributed by atoms with Gasteiger partial charge in [0.25, 0.3) is 0 Å². The molecule has 1 aromatic rings. The summed E-state index contributed by atoms with van der Waals surface area (Å²) in [6.45, 7) is 3.24. The zero-order valence-electron chi connectivity index (χ0n) is 11.1. The fourth-order valence-corrected chi connectivity index (χ4v) is 1.42. The number of para-hydroxylation sites is 1. The number of rotatable bonds is 5. The van der Waals surface area contributed by atoms with Crippen LogP contribution in [0.2, 0.25) is 0 Å². The molecule has 1 aromatic carbocycles. The van der Waals surface area contributed by atoms with Gasteiger partial charge >= 0.3 is 5.97 Å². The summed E-state index contributed by atoms with van der Waals surface area (Å²) in [4.78, 5) is 22.7. The number of hydrogen-bond acceptors (Lipinski definition) is 5. The standard InChI is InChI=1S/C13H17N3O3/c1-13(2,12(15)18)16-9-7-5-4-6-8(9)10(14)11(17)19-3/h4-7,14,16H,1-3H3,(H2,15,18). The molecule has 0 spiro atoms. The summed E-state index contributed by atoms with van der Waals surface area (Å²) in [5.41, 5.74) is 4.83. The zero-order chi connectivity index (χ0) is 14.6. The van der Waals surface area contributed by atoms with E-state index in [0.29, 0.717) is 11.3 Å². The molecule has 0 fully saturated rings. The van der Waals surface area contributed by atoms with Crippen molar-refractivity contribution in [1.29, 1.82) is 5.41 Å². The van der Waals surface area contributed by atoms with Gasteiger partial charge in [0.15, 0.2) is 0 Å². The van der Waals surface area contributed by atoms with Crippen LogP contribution < -0.4 is 11.1 Å². The molecule has 0 aromatic heterocycles. The Morgan fingerprint density at radius 2 is 1.89 bits per heavy atom. The number of benzene rings is 1. The summed E-state index contributed by atoms with van der Waals surface area (Å²) in [6, 6.07) is 6.68. The van der Waals surface area contributed by atoms with Crippen molar-refractivity contribution in [1.82, 2.24) is 0 Å². The number of nitrogens with two attached hydrogens (primary N) is 1. The first-order chi connectivity index (χ1) is 8.79. The second-order valence-corrected chi connectivity index (χ2v) is 4.53. The third kappa shape index (κ3) is 3.31. The number of anilines is 1. The smallest absolute Gasteiger partial charge is 0.356 e. The van der Waals surface area contributed by atoms with Gasteiger partial charge in [-0.3, -0.25) is 10.2 Å². The van der Waals surface area contributed by atoms with Crippen molar-refractivity contribution < 1.29 is 14.3 Å². The maximum absolute atomic E-state index is 11.4. The zero-order valence-corrected chi connectivity index (χ0v) is 11.1. The van der Waals surface area contributed by atoms with Crippen LogP contribution in [0.3, 0.4) is 0 Å². The summed E-state index contributed by atoms with van der Waals surface area (Å²) < 4.78 is 4.52. The highest BCUT2D eigenvalue weighted by Crippen LogP contribution is 2.20. The number of carbonyl (C=O) groups is 2. The number of esters is 1. The number of hydrogen-bond donors (Lipinski definition) is 3. The van der Waals surface area contributed by atoms with Crippen molar-refractivity contribution >= 4 is 23.3 Å². The van der Waals surface area contributed by atoms with E-state index < -0.39 is 17.4 Å². The van der Waals surface area contributed by atoms with Gasteiger partial charge in [-0.25, -0.2) is 4.79 Å². The summed E-state index contributed by atoms with van der Waals surface area (Å²) in [5, 5.41) is 10.7. The van der Waals surface area contributed by atoms with Crippen molar-refractivity contribution in [2.24, 2.45) is 5.73 Å². The lowest BCUT2D eigenvalue weighted by Crippen LogP contribution is -2.45. The number of carbonyl (C=O) groups excluding carboxylic acids is 2. The molecule has 0 aliphatic rings. The van der Waals surface area contributed by atoms with Crippen LogP contribution in [0.15, 0.2) is 24.3 Å². The Kier molecular flexibility index (Phi) is 4.26. The molecule has 0 aliphatic heterocycles. The van der Waals surface area contributed by atoms with Gasteiger partial charge in [-0.15, -0.1) is 0 Å². The fourth-order valence-electron chi connectivity index (χ4n) is 1.42. The summed E-state index contributed by atoms with van der Waals surface area (Å²) >= 11 is 0. The highest BCUT2D eigenvalue weighted by Gasteiger charge is 2.26. The highest BCUT2D eigenvalue weighted by atomic mass is 16.5. The van der Waals surface area contributed by atoms with Crippen molar-refractivity contribution in [3.8, 4) is 0 Å². The van der Waals surface area contributed by atoms with Crippen LogP contribution in [0.4, 0.5) is 5.69 Å². The summed E-state index contributed by atoms with van der Waals surface area (Å²) in [7, 11) is 1.21. The van der Waals surface area contributed by atoms with Crippen LogP contribution in [-0.4, -0.2) is 30.2 Å². The summed E-state index contributed by atoms with van der Waals surface area (Å²) in [6.07, 6.45) is 0. The molecule has 0 unspecified atom stereocenters. The third-order valence-corrected chi connectivity index (χ3v) is 2.65. The molecule has 0 saturated carbocycles. The molecule has 0 heterocycles. The Morgan fingerprint density at radius 3 is 2.42 bits per heavy atom. The fraction of sp³-hybridized carbons (Fsp3) is 0.308. The van der Waals surface area contributed by atoms with E-state index >= 15 is 0 Å². The second-order valence-electron chi connectivity index (χ2n) is 4.53. The Labute approximate surface area is 111 Å². The number of methoxy groups -OCH3 is 1. The Bertz CT molecular complexity index is 524. The van der Waals surface area contributed by atoms with Crippen LogP contribution >= 0.6 is 0 Å². The van der Waals surface area contributed by atoms with Gasteiger partial charge in [0.05, 0.1) is 7.11 Å². The van der Waals surface area contributed by atoms with E-state index in [4.69, 9.17) is 11.1 Å². The van der Waals surface area contributed by atoms with Crippen LogP contribution in [-0.2, 0) is 14.3 Å². The first-order valence-corrected chi connectivity index (χ1v) is 5.64. The van der Waals surface area contributed by atoms with Gasteiger partial charge in [-0.05, 0) is 19.9 Å². The molecule has 6 heteroatoms. The quantitative estimate of drug-likeness (QED) is 0.542. The molecule has 0 aliphatic carbocycles. The van der Waals surface area contributed by atoms with Crippen molar-refractivity contribution in [3.63, 3.8) is 0 Å². The first-order valence-electron chi connectivity index (χ1n) is 5.64. The minimum absolute atomic E-state index is 0.286. The van der Waals surface area contributed by atoms with Gasteiger partial charge in [0.1, 0.15) is 11.3 Å². The molecule has 102 valence electrons. The molecule has 1 amide bonds. The van der Waals surface area contributed by atoms with E-state index in [-0.39, 0.29) is 5.71 Å². The number of ether oxygens (including phenoxy) is 1. The Morgan fingerprint density at radius 1 is 1.32 bits per heavy atom. The predicted molar refractivity (Wildman–Crippen MR) is 72.2 cm³/mol. The first kappa shape index (κ1) is 14.7. The SMILES string of the molecule is COC(=O)C(=N)c1ccccc1NC(C)(C)C(N)=O. The summed E-state index contributed by atoms with van der Waals surface area (Å²) in [5.74, 6) is -1.28. The topological polar surface area (TPSA) is 105 Å². The van der Waals surface area contributed by atoms with Gasteiger partial charge in [0.2, 0.25) is 5.91 Å². The average molecular weight is 263 g/mol. The minimum Gasteiger partial charge on any atom is -0.464 e. The number of amides is 1. The molecule has 6 nitrogen and oxygen atoms in total. The van der Waals surface area contributed by atoms with E-state index in [0.717, 1.165) is 0 Å². The van der Waals surface area contributed by atoms with Crippen LogP contribution in [0.5, 0.6) is 0 Å². The lowest BCUT2D eigenvalue weighted by Gasteiger charge is -2.25. The molecule has 4 N–H and O–H groups in total. The predicted octanol–water partition coefficient (Wildman–Crippen LogP) is 0.903. The Balaban J connectivity index is 3.13. The maximum atomic E-state index is 11.4. The van der Waals surface area contributed by atoms with E-state index in [1.165, 1.54) is 7.11 Å². The number of nitrogens with one attached hydrogen (secondary N) is 2. The molecule has 0 atom stereocenters. The average Bonchev–Trinajstić information content (AvgIpc) is 2.37. The van der Waals surface area contributed by atoms with Gasteiger partial charge in [-0.1, -0.05) is 18.2 Å². The van der Waals surface area contributed by atoms with Crippen molar-refractivity contribution in [3.05, 3.63) is 29.8 Å². The monoisotopic (exact) mass is 263 g/mol. The van der Waals surface area contributed by atoms with E-state index in [2.05, 4.69) is 10.1 Å². The van der Waals surface area contributed by atoms with E-state index in [1.807, 2.05) is 0 Å². The second kappa shape index (κ2) is 5.51. The normalized spacial score (nSPS) is 10.7. The lowest BCUT2D eigenvalue weighted by atomic mass is 10.0. The third-order valence-electron chi connectivity index (χ3n) is 2.65. The molecule has 0 radical (unpaired) electrons. The van der Waals surface area contributed by atoms with E-state index in [1.54, 1.807) is 38.1 Å². The molecule has 1 rings (SSSR count). The van der Waals surface area contributed by atoms with Crippen LogP contribution in [0.1, 0.15) is 19.4 Å². The largest absolute Gasteiger partial charge is 0.464 e. The van der Waals surface area contributed by atoms with Crippen LogP contribution in [0, 0.1) is 5.41 Å². The van der Waals surface area contributed by atoms with Gasteiger partial charge < -0.3 is 15.8 Å². The maximum Gasteiger partial charge on any atom is 0.356 e. The lowest BCUT2D eigenvalue weighted by molar-refractivity contribution is -0.132. The molecule has 0 saturated heterocycles. The molecule has 0 bridgehead atoms. The van der Waals surface area contributed by atoms with Crippen molar-refractivity contribution in [2.45, 2.75) is 19.4 Å². The van der Waals surface area contributed by atoms with Crippen LogP contribution in [0.25, 0.3) is 0 Å². The Hall–Kier alpha value is -2.37. The van der Waals surface area contributed by atoms with Crippen molar-refractivity contribution in [2.75, 3.05) is 12.4 Å². The molecule has 19 heavy (non-hydrogen) atoms.